The van der Waals surface area contributed by atoms with Crippen molar-refractivity contribution in [3.05, 3.63) is 0 Å². The summed E-state index contributed by atoms with van der Waals surface area (Å²) in [6.45, 7) is 1.60. The molecule has 0 aliphatic carbocycles. The Balaban J connectivity index is 4.14. The summed E-state index contributed by atoms with van der Waals surface area (Å²) in [7, 11) is -4.13. The lowest BCUT2D eigenvalue weighted by Crippen LogP contribution is -2.16. The number of alkyl halides is 4. The third kappa shape index (κ3) is 8.38. The second-order valence-corrected chi connectivity index (χ2v) is 8.53. The molecule has 9 heteroatoms. The van der Waals surface area contributed by atoms with Crippen LogP contribution < -0.4 is 0 Å². The van der Waals surface area contributed by atoms with Crippen molar-refractivity contribution in [1.82, 2.24) is 0 Å². The van der Waals surface area contributed by atoms with E-state index in [0.29, 0.717) is 6.42 Å². The number of phosphoric ester groups is 1. The first-order chi connectivity index (χ1) is 6.72. The van der Waals surface area contributed by atoms with Gasteiger partial charge >= 0.3 is 7.82 Å². The maximum absolute atomic E-state index is 11.4. The number of hydrogen-bond acceptors (Lipinski definition) is 3. The van der Waals surface area contributed by atoms with E-state index in [4.69, 9.17) is 27.7 Å². The fourth-order valence-electron chi connectivity index (χ4n) is 0.479. The van der Waals surface area contributed by atoms with Crippen LogP contribution in [0.4, 0.5) is 0 Å². The van der Waals surface area contributed by atoms with Crippen LogP contribution in [0.5, 0.6) is 0 Å². The molecule has 0 aliphatic heterocycles. The highest BCUT2D eigenvalue weighted by atomic mass is 79.9. The van der Waals surface area contributed by atoms with Gasteiger partial charge in [0, 0.05) is 5.88 Å². The van der Waals surface area contributed by atoms with Crippen LogP contribution >= 0.6 is 62.9 Å². The molecule has 0 bridgehead atoms. The highest BCUT2D eigenvalue weighted by Crippen LogP contribution is 2.52. The largest absolute Gasteiger partial charge is 0.474 e. The molecule has 0 aromatic rings. The summed E-state index contributed by atoms with van der Waals surface area (Å²) in [6.07, 6.45) is 0.431. The van der Waals surface area contributed by atoms with Crippen LogP contribution in [0.15, 0.2) is 0 Å². The first-order valence-corrected chi connectivity index (χ1v) is 8.03. The lowest BCUT2D eigenvalue weighted by Gasteiger charge is -2.22. The van der Waals surface area contributed by atoms with E-state index in [1.54, 1.807) is 6.92 Å². The van der Waals surface area contributed by atoms with E-state index in [0.717, 1.165) is 0 Å². The van der Waals surface area contributed by atoms with E-state index in [9.17, 15) is 9.46 Å². The molecule has 2 unspecified atom stereocenters. The summed E-state index contributed by atoms with van der Waals surface area (Å²) in [5, 5.41) is -0.530. The number of rotatable bonds is 7. The molecule has 0 saturated carbocycles. The molecular weight excluding hydrogens is 398 g/mol. The van der Waals surface area contributed by atoms with Gasteiger partial charge in [0.05, 0.1) is 12.0 Å². The smallest absolute Gasteiger partial charge is 0.302 e. The summed E-state index contributed by atoms with van der Waals surface area (Å²) in [5.74, 6) is 0.128. The molecule has 0 spiro atoms. The van der Waals surface area contributed by atoms with Crippen LogP contribution in [0.1, 0.15) is 13.3 Å². The normalized spacial score (nSPS) is 18.5. The summed E-state index contributed by atoms with van der Waals surface area (Å²) in [5.41, 5.74) is 0. The predicted molar refractivity (Wildman–Crippen MR) is 68.1 cm³/mol. The summed E-state index contributed by atoms with van der Waals surface area (Å²) >= 11 is 17.1. The summed E-state index contributed by atoms with van der Waals surface area (Å²) in [6, 6.07) is 0. The summed E-state index contributed by atoms with van der Waals surface area (Å²) in [4.78, 5) is 9.27. The van der Waals surface area contributed by atoms with Crippen LogP contribution in [0.3, 0.4) is 0 Å². The molecule has 0 aliphatic rings. The van der Waals surface area contributed by atoms with E-state index in [-0.39, 0.29) is 12.5 Å². The second-order valence-electron chi connectivity index (χ2n) is 2.60. The molecule has 2 atom stereocenters. The van der Waals surface area contributed by atoms with E-state index in [1.807, 2.05) is 0 Å². The minimum absolute atomic E-state index is 0.128. The molecule has 0 fully saturated rings. The van der Waals surface area contributed by atoms with Gasteiger partial charge in [-0.3, -0.25) is 9.05 Å². The maximum atomic E-state index is 11.4. The zero-order valence-electron chi connectivity index (χ0n) is 7.83. The first kappa shape index (κ1) is 16.6. The lowest BCUT2D eigenvalue weighted by molar-refractivity contribution is 0.132. The van der Waals surface area contributed by atoms with Crippen molar-refractivity contribution in [2.45, 2.75) is 22.1 Å². The Bertz CT molecular complexity index is 241. The lowest BCUT2D eigenvalue weighted by atomic mass is 10.5. The van der Waals surface area contributed by atoms with Crippen molar-refractivity contribution in [2.75, 3.05) is 12.5 Å². The Hall–Kier alpha value is 1.65. The number of hydrogen-bond donors (Lipinski definition) is 1. The van der Waals surface area contributed by atoms with Gasteiger partial charge in [-0.2, -0.15) is 0 Å². The van der Waals surface area contributed by atoms with Crippen LogP contribution in [0, 0.1) is 0 Å². The molecule has 0 aromatic carbocycles. The van der Waals surface area contributed by atoms with Gasteiger partial charge in [-0.05, 0) is 38.3 Å². The van der Waals surface area contributed by atoms with Gasteiger partial charge in [0.2, 0.25) is 0 Å². The highest BCUT2D eigenvalue weighted by molar-refractivity contribution is 9.25. The molecular formula is C6H11Br2Cl2O4P. The molecule has 0 heterocycles. The quantitative estimate of drug-likeness (QED) is 0.514. The van der Waals surface area contributed by atoms with Crippen molar-refractivity contribution >= 4 is 62.9 Å². The van der Waals surface area contributed by atoms with Gasteiger partial charge in [-0.15, -0.1) is 23.2 Å². The third-order valence-corrected chi connectivity index (χ3v) is 5.02. The highest BCUT2D eigenvalue weighted by Gasteiger charge is 2.34. The Morgan fingerprint density at radius 2 is 2.13 bits per heavy atom. The van der Waals surface area contributed by atoms with Gasteiger partial charge in [-0.1, -0.05) is 6.92 Å². The SMILES string of the molecule is CCC(Br)(Br)OP(=O)(O)OCC(Cl)CCl. The van der Waals surface area contributed by atoms with E-state index < -0.39 is 16.6 Å². The Labute approximate surface area is 115 Å². The van der Waals surface area contributed by atoms with Crippen LogP contribution in [0.2, 0.25) is 0 Å². The number of halogens is 4. The van der Waals surface area contributed by atoms with Crippen molar-refractivity contribution in [3.63, 3.8) is 0 Å². The third-order valence-electron chi connectivity index (χ3n) is 1.25. The van der Waals surface area contributed by atoms with Gasteiger partial charge in [0.1, 0.15) is 0 Å². The van der Waals surface area contributed by atoms with Crippen molar-refractivity contribution in [3.8, 4) is 0 Å². The van der Waals surface area contributed by atoms with Crippen molar-refractivity contribution in [2.24, 2.45) is 0 Å². The standard InChI is InChI=1S/C6H11Br2Cl2O4P/c1-2-6(7,8)14-15(11,12)13-4-5(10)3-9/h5H,2-4H2,1H3,(H,11,12). The molecule has 0 saturated heterocycles. The fraction of sp³-hybridized carbons (Fsp3) is 1.00. The predicted octanol–water partition coefficient (Wildman–Crippen LogP) is 3.82. The first-order valence-electron chi connectivity index (χ1n) is 3.98. The van der Waals surface area contributed by atoms with E-state index in [1.165, 1.54) is 0 Å². The fourth-order valence-corrected chi connectivity index (χ4v) is 2.70. The average molecular weight is 409 g/mol. The number of phosphoric acid groups is 1. The molecule has 15 heavy (non-hydrogen) atoms. The maximum Gasteiger partial charge on any atom is 0.474 e. The van der Waals surface area contributed by atoms with Crippen molar-refractivity contribution < 1.29 is 18.5 Å². The van der Waals surface area contributed by atoms with Crippen LogP contribution in [-0.4, -0.2) is 26.2 Å². The van der Waals surface area contributed by atoms with Crippen LogP contribution in [-0.2, 0) is 13.6 Å². The van der Waals surface area contributed by atoms with Gasteiger partial charge in [-0.25, -0.2) is 4.57 Å². The molecule has 0 rings (SSSR count). The second kappa shape index (κ2) is 7.17. The van der Waals surface area contributed by atoms with E-state index >= 15 is 0 Å². The Kier molecular flexibility index (Phi) is 7.95. The van der Waals surface area contributed by atoms with Gasteiger partial charge < -0.3 is 4.89 Å². The molecule has 0 amide bonds. The molecule has 4 nitrogen and oxygen atoms in total. The van der Waals surface area contributed by atoms with Crippen molar-refractivity contribution in [1.29, 1.82) is 0 Å². The minimum atomic E-state index is -4.13. The Morgan fingerprint density at radius 3 is 2.53 bits per heavy atom. The molecule has 0 aromatic heterocycles. The minimum Gasteiger partial charge on any atom is -0.302 e. The molecule has 0 radical (unpaired) electrons. The van der Waals surface area contributed by atoms with E-state index in [2.05, 4.69) is 36.4 Å². The zero-order chi connectivity index (χ0) is 12.1. The van der Waals surface area contributed by atoms with Gasteiger partial charge in [0.25, 0.3) is 0 Å². The molecule has 1 N–H and O–H groups in total. The Morgan fingerprint density at radius 1 is 1.60 bits per heavy atom. The van der Waals surface area contributed by atoms with Gasteiger partial charge in [0.15, 0.2) is 3.42 Å². The molecule has 92 valence electrons. The average Bonchev–Trinajstić information content (AvgIpc) is 2.13. The monoisotopic (exact) mass is 406 g/mol. The summed E-state index contributed by atoms with van der Waals surface area (Å²) < 4.78 is 19.7. The zero-order valence-corrected chi connectivity index (χ0v) is 13.4. The topological polar surface area (TPSA) is 55.8 Å². The van der Waals surface area contributed by atoms with Crippen LogP contribution in [0.25, 0.3) is 0 Å².